The number of carbonyl (C=O) groups excluding carboxylic acids is 1. The topological polar surface area (TPSA) is 26.3 Å². The van der Waals surface area contributed by atoms with Crippen LogP contribution in [-0.4, -0.2) is 12.1 Å². The van der Waals surface area contributed by atoms with Gasteiger partial charge in [0.25, 0.3) is 0 Å². The van der Waals surface area contributed by atoms with Gasteiger partial charge in [0, 0.05) is 5.57 Å². The first kappa shape index (κ1) is 13.0. The Hall–Kier alpha value is -1.05. The van der Waals surface area contributed by atoms with E-state index in [1.54, 1.807) is 12.5 Å². The lowest BCUT2D eigenvalue weighted by Gasteiger charge is -2.33. The average molecular weight is 222 g/mol. The highest BCUT2D eigenvalue weighted by Gasteiger charge is 2.27. The molecule has 0 radical (unpaired) electrons. The molecule has 0 heterocycles. The second kappa shape index (κ2) is 5.33. The molecule has 0 amide bonds. The summed E-state index contributed by atoms with van der Waals surface area (Å²) in [6, 6.07) is 0. The molecule has 2 nitrogen and oxygen atoms in total. The van der Waals surface area contributed by atoms with Crippen LogP contribution in [-0.2, 0) is 9.53 Å². The SMILES string of the molecule is C=C(C)C(=O)OC(C)CC1CCC1=C(C)C. The van der Waals surface area contributed by atoms with Crippen molar-refractivity contribution in [3.63, 3.8) is 0 Å². The predicted octanol–water partition coefficient (Wildman–Crippen LogP) is 3.63. The van der Waals surface area contributed by atoms with E-state index in [0.29, 0.717) is 11.5 Å². The first-order valence-corrected chi connectivity index (χ1v) is 5.94. The number of esters is 1. The van der Waals surface area contributed by atoms with E-state index in [9.17, 15) is 4.79 Å². The summed E-state index contributed by atoms with van der Waals surface area (Å²) < 4.78 is 5.29. The van der Waals surface area contributed by atoms with Gasteiger partial charge in [0.1, 0.15) is 0 Å². The van der Waals surface area contributed by atoms with Gasteiger partial charge in [0.05, 0.1) is 6.10 Å². The lowest BCUT2D eigenvalue weighted by molar-refractivity contribution is -0.144. The summed E-state index contributed by atoms with van der Waals surface area (Å²) in [5, 5.41) is 0. The van der Waals surface area contributed by atoms with Gasteiger partial charge in [-0.1, -0.05) is 17.7 Å². The number of hydrogen-bond donors (Lipinski definition) is 0. The van der Waals surface area contributed by atoms with Gasteiger partial charge in [-0.25, -0.2) is 4.79 Å². The Bertz CT molecular complexity index is 322. The minimum Gasteiger partial charge on any atom is -0.459 e. The molecule has 0 N–H and O–H groups in total. The van der Waals surface area contributed by atoms with Crippen molar-refractivity contribution in [2.24, 2.45) is 5.92 Å². The van der Waals surface area contributed by atoms with Gasteiger partial charge < -0.3 is 4.74 Å². The molecule has 0 bridgehead atoms. The van der Waals surface area contributed by atoms with E-state index in [4.69, 9.17) is 4.74 Å². The average Bonchev–Trinajstić information content (AvgIpc) is 2.11. The van der Waals surface area contributed by atoms with Gasteiger partial charge >= 0.3 is 5.97 Å². The number of rotatable bonds is 4. The maximum absolute atomic E-state index is 11.3. The second-order valence-electron chi connectivity index (χ2n) is 4.99. The van der Waals surface area contributed by atoms with Crippen LogP contribution in [0.4, 0.5) is 0 Å². The fourth-order valence-electron chi connectivity index (χ4n) is 2.14. The van der Waals surface area contributed by atoms with Crippen molar-refractivity contribution >= 4 is 5.97 Å². The van der Waals surface area contributed by atoms with Crippen LogP contribution in [0.2, 0.25) is 0 Å². The lowest BCUT2D eigenvalue weighted by atomic mass is 9.74. The third kappa shape index (κ3) is 3.22. The van der Waals surface area contributed by atoms with Crippen LogP contribution >= 0.6 is 0 Å². The van der Waals surface area contributed by atoms with Gasteiger partial charge in [-0.3, -0.25) is 0 Å². The Labute approximate surface area is 98.4 Å². The Morgan fingerprint density at radius 3 is 2.50 bits per heavy atom. The maximum atomic E-state index is 11.3. The zero-order valence-corrected chi connectivity index (χ0v) is 10.8. The van der Waals surface area contributed by atoms with Crippen LogP contribution in [0.15, 0.2) is 23.3 Å². The first-order valence-electron chi connectivity index (χ1n) is 5.94. The largest absolute Gasteiger partial charge is 0.459 e. The minimum atomic E-state index is -0.273. The maximum Gasteiger partial charge on any atom is 0.333 e. The smallest absolute Gasteiger partial charge is 0.333 e. The van der Waals surface area contributed by atoms with E-state index in [1.165, 1.54) is 18.4 Å². The summed E-state index contributed by atoms with van der Waals surface area (Å²) in [6.45, 7) is 11.5. The van der Waals surface area contributed by atoms with E-state index in [0.717, 1.165) is 6.42 Å². The van der Waals surface area contributed by atoms with Crippen molar-refractivity contribution in [1.29, 1.82) is 0 Å². The molecule has 1 aliphatic carbocycles. The van der Waals surface area contributed by atoms with Crippen molar-refractivity contribution in [1.82, 2.24) is 0 Å². The molecule has 2 unspecified atom stereocenters. The molecular weight excluding hydrogens is 200 g/mol. The number of ether oxygens (including phenoxy) is 1. The van der Waals surface area contributed by atoms with Gasteiger partial charge in [-0.05, 0) is 52.9 Å². The quantitative estimate of drug-likeness (QED) is 0.412. The summed E-state index contributed by atoms with van der Waals surface area (Å²) in [7, 11) is 0. The van der Waals surface area contributed by atoms with Crippen LogP contribution in [0.3, 0.4) is 0 Å². The van der Waals surface area contributed by atoms with Gasteiger partial charge in [0.15, 0.2) is 0 Å². The molecule has 1 aliphatic rings. The number of hydrogen-bond acceptors (Lipinski definition) is 2. The number of carbonyl (C=O) groups is 1. The fourth-order valence-corrected chi connectivity index (χ4v) is 2.14. The fraction of sp³-hybridized carbons (Fsp3) is 0.643. The van der Waals surface area contributed by atoms with Crippen molar-refractivity contribution < 1.29 is 9.53 Å². The summed E-state index contributed by atoms with van der Waals surface area (Å²) in [5.74, 6) is 0.350. The zero-order chi connectivity index (χ0) is 12.3. The Balaban J connectivity index is 2.41. The summed E-state index contributed by atoms with van der Waals surface area (Å²) in [5.41, 5.74) is 3.45. The van der Waals surface area contributed by atoms with E-state index in [-0.39, 0.29) is 12.1 Å². The monoisotopic (exact) mass is 222 g/mol. The summed E-state index contributed by atoms with van der Waals surface area (Å²) in [6.07, 6.45) is 3.38. The van der Waals surface area contributed by atoms with Gasteiger partial charge in [-0.2, -0.15) is 0 Å². The normalized spacial score (nSPS) is 21.0. The molecule has 90 valence electrons. The van der Waals surface area contributed by atoms with E-state index in [1.807, 2.05) is 6.92 Å². The van der Waals surface area contributed by atoms with Gasteiger partial charge in [-0.15, -0.1) is 0 Å². The Morgan fingerprint density at radius 2 is 2.12 bits per heavy atom. The summed E-state index contributed by atoms with van der Waals surface area (Å²) in [4.78, 5) is 11.3. The molecule has 0 saturated heterocycles. The van der Waals surface area contributed by atoms with Crippen molar-refractivity contribution in [2.75, 3.05) is 0 Å². The molecule has 2 atom stereocenters. The Morgan fingerprint density at radius 1 is 1.50 bits per heavy atom. The van der Waals surface area contributed by atoms with Crippen LogP contribution in [0.25, 0.3) is 0 Å². The third-order valence-electron chi connectivity index (χ3n) is 3.17. The molecule has 2 heteroatoms. The Kier molecular flexibility index (Phi) is 4.34. The van der Waals surface area contributed by atoms with Crippen LogP contribution in [0.5, 0.6) is 0 Å². The standard InChI is InChI=1S/C14H22O2/c1-9(2)13-7-6-12(13)8-11(5)16-14(15)10(3)4/h11-12H,3,6-8H2,1-2,4-5H3. The van der Waals surface area contributed by atoms with Crippen LogP contribution < -0.4 is 0 Å². The van der Waals surface area contributed by atoms with Crippen molar-refractivity contribution in [2.45, 2.75) is 53.1 Å². The zero-order valence-electron chi connectivity index (χ0n) is 10.8. The summed E-state index contributed by atoms with van der Waals surface area (Å²) >= 11 is 0. The molecule has 0 spiro atoms. The highest BCUT2D eigenvalue weighted by molar-refractivity contribution is 5.87. The van der Waals surface area contributed by atoms with E-state index < -0.39 is 0 Å². The van der Waals surface area contributed by atoms with Crippen molar-refractivity contribution in [3.05, 3.63) is 23.3 Å². The van der Waals surface area contributed by atoms with Crippen LogP contribution in [0.1, 0.15) is 47.0 Å². The predicted molar refractivity (Wildman–Crippen MR) is 66.1 cm³/mol. The van der Waals surface area contributed by atoms with Crippen LogP contribution in [0, 0.1) is 5.92 Å². The second-order valence-corrected chi connectivity index (χ2v) is 4.99. The molecule has 0 aliphatic heterocycles. The third-order valence-corrected chi connectivity index (χ3v) is 3.17. The molecule has 1 saturated carbocycles. The van der Waals surface area contributed by atoms with Gasteiger partial charge in [0.2, 0.25) is 0 Å². The van der Waals surface area contributed by atoms with E-state index >= 15 is 0 Å². The highest BCUT2D eigenvalue weighted by atomic mass is 16.5. The number of allylic oxidation sites excluding steroid dienone is 2. The molecule has 1 fully saturated rings. The molecule has 0 aromatic heterocycles. The highest BCUT2D eigenvalue weighted by Crippen LogP contribution is 2.39. The minimum absolute atomic E-state index is 0.0103. The lowest BCUT2D eigenvalue weighted by Crippen LogP contribution is -2.25. The van der Waals surface area contributed by atoms with Crippen molar-refractivity contribution in [3.8, 4) is 0 Å². The molecular formula is C14H22O2. The molecule has 16 heavy (non-hydrogen) atoms. The van der Waals surface area contributed by atoms with E-state index in [2.05, 4.69) is 20.4 Å². The molecule has 0 aromatic carbocycles. The molecule has 0 aromatic rings. The molecule has 1 rings (SSSR count). The first-order chi connectivity index (χ1) is 7.41.